The fourth-order valence-electron chi connectivity index (χ4n) is 3.53. The van der Waals surface area contributed by atoms with Crippen LogP contribution in [0.1, 0.15) is 38.3 Å². The van der Waals surface area contributed by atoms with Gasteiger partial charge in [0.05, 0.1) is 10.6 Å². The molecule has 2 heterocycles. The minimum atomic E-state index is -0.138. The van der Waals surface area contributed by atoms with Gasteiger partial charge in [0.15, 0.2) is 0 Å². The highest BCUT2D eigenvalue weighted by atomic mass is 32.2. The third-order valence-electron chi connectivity index (χ3n) is 5.08. The second-order valence-corrected chi connectivity index (χ2v) is 9.71. The average molecular weight is 455 g/mol. The van der Waals surface area contributed by atoms with Gasteiger partial charge in [-0.25, -0.2) is 4.99 Å². The van der Waals surface area contributed by atoms with Gasteiger partial charge in [0, 0.05) is 25.2 Å². The Labute approximate surface area is 195 Å². The van der Waals surface area contributed by atoms with Gasteiger partial charge in [-0.1, -0.05) is 47.8 Å². The van der Waals surface area contributed by atoms with Crippen molar-refractivity contribution in [3.63, 3.8) is 0 Å². The Bertz CT molecular complexity index is 974. The van der Waals surface area contributed by atoms with Crippen LogP contribution in [0.15, 0.2) is 57.7 Å². The number of rotatable bonds is 5. The molecule has 0 aliphatic carbocycles. The number of carbonyl (C=O) groups is 1. The molecule has 3 rings (SSSR count). The number of hydrogen-bond donors (Lipinski definition) is 1. The summed E-state index contributed by atoms with van der Waals surface area (Å²) in [5, 5.41) is 2.67. The Kier molecular flexibility index (Phi) is 8.23. The summed E-state index contributed by atoms with van der Waals surface area (Å²) in [5.41, 5.74) is 4.08. The van der Waals surface area contributed by atoms with E-state index in [2.05, 4.69) is 60.3 Å². The molecule has 2 aliphatic heterocycles. The van der Waals surface area contributed by atoms with Crippen LogP contribution in [0.25, 0.3) is 6.08 Å². The van der Waals surface area contributed by atoms with Gasteiger partial charge < -0.3 is 15.1 Å². The first-order chi connectivity index (χ1) is 14.9. The van der Waals surface area contributed by atoms with E-state index < -0.39 is 0 Å². The van der Waals surface area contributed by atoms with Crippen LogP contribution in [0.5, 0.6) is 0 Å². The van der Waals surface area contributed by atoms with Crippen molar-refractivity contribution >= 4 is 46.0 Å². The van der Waals surface area contributed by atoms with Crippen LogP contribution in [-0.4, -0.2) is 59.0 Å². The molecule has 2 fully saturated rings. The van der Waals surface area contributed by atoms with Gasteiger partial charge in [0.2, 0.25) is 0 Å². The minimum absolute atomic E-state index is 0.138. The highest BCUT2D eigenvalue weighted by molar-refractivity contribution is 8.26. The molecule has 7 heteroatoms. The maximum absolute atomic E-state index is 12.0. The zero-order valence-electron chi connectivity index (χ0n) is 18.6. The molecule has 0 bridgehead atoms. The lowest BCUT2D eigenvalue weighted by Crippen LogP contribution is -2.28. The fourth-order valence-corrected chi connectivity index (χ4v) is 4.57. The van der Waals surface area contributed by atoms with E-state index in [1.165, 1.54) is 17.3 Å². The molecule has 0 saturated carbocycles. The maximum Gasteiger partial charge on any atom is 0.263 e. The third-order valence-corrected chi connectivity index (χ3v) is 6.25. The summed E-state index contributed by atoms with van der Waals surface area (Å²) in [4.78, 5) is 22.5. The van der Waals surface area contributed by atoms with Gasteiger partial charge in [0.1, 0.15) is 10.1 Å². The number of amides is 1. The van der Waals surface area contributed by atoms with E-state index in [-0.39, 0.29) is 5.91 Å². The lowest BCUT2D eigenvalue weighted by atomic mass is 10.0. The Morgan fingerprint density at radius 3 is 2.71 bits per heavy atom. The molecule has 1 N–H and O–H groups in total. The van der Waals surface area contributed by atoms with Gasteiger partial charge in [-0.15, -0.1) is 0 Å². The summed E-state index contributed by atoms with van der Waals surface area (Å²) < 4.78 is 0.500. The molecule has 31 heavy (non-hydrogen) atoms. The van der Waals surface area contributed by atoms with Crippen LogP contribution in [0.3, 0.4) is 0 Å². The zero-order valence-corrected chi connectivity index (χ0v) is 20.3. The van der Waals surface area contributed by atoms with Crippen molar-refractivity contribution < 1.29 is 4.79 Å². The fraction of sp³-hybridized carbons (Fsp3) is 0.375. The number of carbonyl (C=O) groups excluding carboxylic acids is 1. The molecule has 5 nitrogen and oxygen atoms in total. The highest BCUT2D eigenvalue weighted by Crippen LogP contribution is 2.26. The quantitative estimate of drug-likeness (QED) is 0.405. The van der Waals surface area contributed by atoms with Gasteiger partial charge in [0.25, 0.3) is 5.91 Å². The van der Waals surface area contributed by atoms with E-state index in [1.54, 1.807) is 0 Å². The summed E-state index contributed by atoms with van der Waals surface area (Å²) >= 11 is 6.39. The predicted molar refractivity (Wildman–Crippen MR) is 136 cm³/mol. The Balaban J connectivity index is 1.94. The number of allylic oxidation sites excluding steroid dienone is 3. The average Bonchev–Trinajstić information content (AvgIpc) is 2.90. The molecule has 1 aromatic carbocycles. The predicted octanol–water partition coefficient (Wildman–Crippen LogP) is 4.43. The van der Waals surface area contributed by atoms with Crippen molar-refractivity contribution in [2.24, 2.45) is 4.99 Å². The first kappa shape index (κ1) is 23.4. The van der Waals surface area contributed by atoms with Crippen molar-refractivity contribution in [3.8, 4) is 0 Å². The van der Waals surface area contributed by atoms with Crippen LogP contribution in [0.4, 0.5) is 0 Å². The highest BCUT2D eigenvalue weighted by Gasteiger charge is 2.22. The number of thiocarbonyl (C=S) groups is 1. The smallest absolute Gasteiger partial charge is 0.263 e. The number of nitrogens with zero attached hydrogens (tertiary/aromatic N) is 3. The topological polar surface area (TPSA) is 47.9 Å². The molecule has 164 valence electrons. The molecule has 1 amide bonds. The van der Waals surface area contributed by atoms with Crippen molar-refractivity contribution in [3.05, 3.63) is 63.8 Å². The Hall–Kier alpha value is -2.22. The van der Waals surface area contributed by atoms with Crippen LogP contribution in [0, 0.1) is 0 Å². The molecule has 2 saturated heterocycles. The second-order valence-electron chi connectivity index (χ2n) is 7.99. The van der Waals surface area contributed by atoms with Crippen molar-refractivity contribution in [1.29, 1.82) is 0 Å². The third kappa shape index (κ3) is 6.63. The van der Waals surface area contributed by atoms with E-state index >= 15 is 0 Å². The summed E-state index contributed by atoms with van der Waals surface area (Å²) in [6.07, 6.45) is 7.22. The molecule has 0 aromatic heterocycles. The van der Waals surface area contributed by atoms with E-state index in [0.29, 0.717) is 9.23 Å². The largest absolute Gasteiger partial charge is 0.356 e. The molecule has 0 radical (unpaired) electrons. The number of aliphatic imine (C=N–C) groups is 1. The number of likely N-dealkylation sites (N-methyl/N-ethyl adjacent to an activating group) is 1. The van der Waals surface area contributed by atoms with Gasteiger partial charge in [-0.05, 0) is 70.6 Å². The molecule has 2 aliphatic rings. The van der Waals surface area contributed by atoms with Crippen molar-refractivity contribution in [2.75, 3.05) is 33.2 Å². The SMILES string of the molecule is C/C=C(\N=C(/C=C(C)C)c1cccc(/C=C2\SC(=S)NC2=O)c1)N1CCCN(C)CC1. The number of thioether (sulfide) groups is 1. The van der Waals surface area contributed by atoms with Gasteiger partial charge in [-0.3, -0.25) is 4.79 Å². The van der Waals surface area contributed by atoms with Crippen LogP contribution < -0.4 is 5.32 Å². The summed E-state index contributed by atoms with van der Waals surface area (Å²) in [6, 6.07) is 8.13. The lowest BCUT2D eigenvalue weighted by Gasteiger charge is -2.23. The standard InChI is InChI=1S/C24H30N4OS2/c1-5-22(28-11-7-10-27(4)12-13-28)25-20(14-17(2)3)19-9-6-8-18(15-19)16-21-23(29)26-24(30)31-21/h5-6,8-9,14-16H,7,10-13H2,1-4H3,(H,26,29,30)/b21-16-,22-5+,25-20+. The zero-order chi connectivity index (χ0) is 22.4. The van der Waals surface area contributed by atoms with E-state index in [0.717, 1.165) is 55.3 Å². The molecular formula is C24H30N4OS2. The lowest BCUT2D eigenvalue weighted by molar-refractivity contribution is -0.115. The molecule has 1 aromatic rings. The number of nitrogens with one attached hydrogen (secondary N) is 1. The number of hydrogen-bond acceptors (Lipinski definition) is 6. The first-order valence-electron chi connectivity index (χ1n) is 10.5. The molecule has 0 unspecified atom stereocenters. The number of benzene rings is 1. The van der Waals surface area contributed by atoms with E-state index in [1.807, 2.05) is 25.1 Å². The van der Waals surface area contributed by atoms with Crippen LogP contribution in [-0.2, 0) is 4.79 Å². The monoisotopic (exact) mass is 454 g/mol. The van der Waals surface area contributed by atoms with Crippen LogP contribution >= 0.6 is 24.0 Å². The van der Waals surface area contributed by atoms with Gasteiger partial charge in [-0.2, -0.15) is 0 Å². The summed E-state index contributed by atoms with van der Waals surface area (Å²) in [7, 11) is 2.17. The first-order valence-corrected chi connectivity index (χ1v) is 11.8. The molecule has 0 atom stereocenters. The summed E-state index contributed by atoms with van der Waals surface area (Å²) in [6.45, 7) is 10.3. The Morgan fingerprint density at radius 2 is 2.03 bits per heavy atom. The van der Waals surface area contributed by atoms with Crippen molar-refractivity contribution in [2.45, 2.75) is 27.2 Å². The van der Waals surface area contributed by atoms with E-state index in [9.17, 15) is 4.79 Å². The summed E-state index contributed by atoms with van der Waals surface area (Å²) in [5.74, 6) is 0.864. The van der Waals surface area contributed by atoms with Crippen LogP contribution in [0.2, 0.25) is 0 Å². The van der Waals surface area contributed by atoms with Crippen molar-refractivity contribution in [1.82, 2.24) is 15.1 Å². The maximum atomic E-state index is 12.0. The Morgan fingerprint density at radius 1 is 1.23 bits per heavy atom. The van der Waals surface area contributed by atoms with Gasteiger partial charge >= 0.3 is 0 Å². The molecule has 0 spiro atoms. The van der Waals surface area contributed by atoms with E-state index in [4.69, 9.17) is 17.2 Å². The minimum Gasteiger partial charge on any atom is -0.356 e. The normalized spacial score (nSPS) is 20.1. The second kappa shape index (κ2) is 10.9. The molecular weight excluding hydrogens is 424 g/mol.